The highest BCUT2D eigenvalue weighted by atomic mass is 35.5. The number of anilines is 1. The molecule has 3 heterocycles. The molecule has 34 heavy (non-hydrogen) atoms. The number of morpholine rings is 1. The van der Waals surface area contributed by atoms with Crippen molar-refractivity contribution in [1.82, 2.24) is 14.9 Å². The molecule has 1 fully saturated rings. The lowest BCUT2D eigenvalue weighted by molar-refractivity contribution is 0.0733. The zero-order chi connectivity index (χ0) is 23.5. The van der Waals surface area contributed by atoms with Crippen LogP contribution in [-0.2, 0) is 24.1 Å². The molecule has 0 aliphatic carbocycles. The third-order valence-corrected chi connectivity index (χ3v) is 6.53. The molecule has 0 saturated carbocycles. The van der Waals surface area contributed by atoms with Gasteiger partial charge in [-0.05, 0) is 24.3 Å². The molecule has 0 bridgehead atoms. The number of halogens is 1. The van der Waals surface area contributed by atoms with E-state index in [0.29, 0.717) is 49.7 Å². The molecule has 0 spiro atoms. The van der Waals surface area contributed by atoms with Crippen LogP contribution in [0.5, 0.6) is 5.75 Å². The fourth-order valence-electron chi connectivity index (χ4n) is 4.56. The van der Waals surface area contributed by atoms with Gasteiger partial charge in [-0.15, -0.1) is 0 Å². The molecule has 3 aromatic rings. The Morgan fingerprint density at radius 2 is 1.91 bits per heavy atom. The van der Waals surface area contributed by atoms with Crippen molar-refractivity contribution in [1.29, 1.82) is 0 Å². The average Bonchev–Trinajstić information content (AvgIpc) is 2.88. The molecule has 2 aliphatic rings. The van der Waals surface area contributed by atoms with Crippen molar-refractivity contribution in [2.45, 2.75) is 19.4 Å². The van der Waals surface area contributed by atoms with Crippen LogP contribution >= 0.6 is 11.6 Å². The van der Waals surface area contributed by atoms with E-state index in [1.54, 1.807) is 31.4 Å². The third kappa shape index (κ3) is 4.72. The first kappa shape index (κ1) is 22.6. The Balaban J connectivity index is 1.48. The van der Waals surface area contributed by atoms with Crippen LogP contribution < -0.4 is 9.64 Å². The summed E-state index contributed by atoms with van der Waals surface area (Å²) in [5, 5.41) is 0.557. The number of methoxy groups -OCH3 is 1. The van der Waals surface area contributed by atoms with E-state index in [4.69, 9.17) is 31.0 Å². The van der Waals surface area contributed by atoms with E-state index >= 15 is 0 Å². The zero-order valence-corrected chi connectivity index (χ0v) is 19.9. The van der Waals surface area contributed by atoms with E-state index in [9.17, 15) is 4.79 Å². The number of carbonyl (C=O) groups excluding carboxylic acids is 1. The van der Waals surface area contributed by atoms with Gasteiger partial charge in [-0.2, -0.15) is 0 Å². The Labute approximate surface area is 204 Å². The number of nitrogens with zero attached hydrogens (tertiary/aromatic N) is 4. The lowest BCUT2D eigenvalue weighted by Gasteiger charge is -2.34. The maximum Gasteiger partial charge on any atom is 0.254 e. The lowest BCUT2D eigenvalue weighted by atomic mass is 10.0. The number of hydrogen-bond donors (Lipinski definition) is 0. The van der Waals surface area contributed by atoms with Crippen LogP contribution in [-0.4, -0.2) is 60.7 Å². The maximum atomic E-state index is 13.2. The summed E-state index contributed by atoms with van der Waals surface area (Å²) in [6, 6.07) is 15.1. The normalized spacial score (nSPS) is 15.7. The Hall–Kier alpha value is -3.16. The second kappa shape index (κ2) is 9.99. The minimum Gasteiger partial charge on any atom is -0.496 e. The highest BCUT2D eigenvalue weighted by Crippen LogP contribution is 2.30. The number of benzene rings is 2. The molecule has 7 nitrogen and oxygen atoms in total. The van der Waals surface area contributed by atoms with Crippen LogP contribution in [0, 0.1) is 0 Å². The molecule has 2 aliphatic heterocycles. The Bertz CT molecular complexity index is 1200. The fourth-order valence-corrected chi connectivity index (χ4v) is 4.75. The SMILES string of the molecule is COc1ccccc1Cc1nc2c(c(N3CCOCC3)n1)CN(C(=O)c1cccc(Cl)c1)CC2. The van der Waals surface area contributed by atoms with Crippen molar-refractivity contribution < 1.29 is 14.3 Å². The summed E-state index contributed by atoms with van der Waals surface area (Å²) in [4.78, 5) is 27.3. The molecular formula is C26H27ClN4O3. The van der Waals surface area contributed by atoms with Gasteiger partial charge < -0.3 is 19.3 Å². The van der Waals surface area contributed by atoms with Crippen molar-refractivity contribution in [3.63, 3.8) is 0 Å². The zero-order valence-electron chi connectivity index (χ0n) is 19.2. The van der Waals surface area contributed by atoms with Crippen molar-refractivity contribution in [2.24, 2.45) is 0 Å². The predicted molar refractivity (Wildman–Crippen MR) is 131 cm³/mol. The van der Waals surface area contributed by atoms with Gasteiger partial charge in [-0.1, -0.05) is 35.9 Å². The number of para-hydroxylation sites is 1. The van der Waals surface area contributed by atoms with E-state index in [0.717, 1.165) is 47.3 Å². The summed E-state index contributed by atoms with van der Waals surface area (Å²) in [5.74, 6) is 2.47. The fraction of sp³-hybridized carbons (Fsp3) is 0.346. The number of fused-ring (bicyclic) bond motifs is 1. The van der Waals surface area contributed by atoms with Crippen LogP contribution in [0.25, 0.3) is 0 Å². The highest BCUT2D eigenvalue weighted by molar-refractivity contribution is 6.30. The highest BCUT2D eigenvalue weighted by Gasteiger charge is 2.29. The molecule has 1 amide bonds. The van der Waals surface area contributed by atoms with Crippen LogP contribution in [0.15, 0.2) is 48.5 Å². The number of amides is 1. The molecule has 0 unspecified atom stereocenters. The largest absolute Gasteiger partial charge is 0.496 e. The first-order valence-electron chi connectivity index (χ1n) is 11.5. The quantitative estimate of drug-likeness (QED) is 0.556. The second-order valence-corrected chi connectivity index (χ2v) is 8.90. The van der Waals surface area contributed by atoms with Crippen LogP contribution in [0.3, 0.4) is 0 Å². The van der Waals surface area contributed by atoms with E-state index < -0.39 is 0 Å². The summed E-state index contributed by atoms with van der Waals surface area (Å²) < 4.78 is 11.1. The van der Waals surface area contributed by atoms with E-state index in [1.165, 1.54) is 0 Å². The van der Waals surface area contributed by atoms with Crippen molar-refractivity contribution in [2.75, 3.05) is 44.9 Å². The molecule has 176 valence electrons. The van der Waals surface area contributed by atoms with E-state index in [1.807, 2.05) is 29.2 Å². The summed E-state index contributed by atoms with van der Waals surface area (Å²) >= 11 is 6.12. The molecule has 1 aromatic heterocycles. The molecule has 0 atom stereocenters. The molecule has 8 heteroatoms. The van der Waals surface area contributed by atoms with E-state index in [-0.39, 0.29) is 5.91 Å². The van der Waals surface area contributed by atoms with Crippen molar-refractivity contribution in [3.05, 3.63) is 81.8 Å². The molecule has 5 rings (SSSR count). The first-order valence-corrected chi connectivity index (χ1v) is 11.9. The number of aromatic nitrogens is 2. The molecular weight excluding hydrogens is 452 g/mol. The summed E-state index contributed by atoms with van der Waals surface area (Å²) in [6.07, 6.45) is 1.26. The minimum atomic E-state index is -0.0285. The third-order valence-electron chi connectivity index (χ3n) is 6.30. The van der Waals surface area contributed by atoms with Gasteiger partial charge in [0, 0.05) is 54.2 Å². The van der Waals surface area contributed by atoms with Gasteiger partial charge in [0.1, 0.15) is 17.4 Å². The van der Waals surface area contributed by atoms with Gasteiger partial charge in [0.2, 0.25) is 0 Å². The average molecular weight is 479 g/mol. The van der Waals surface area contributed by atoms with Gasteiger partial charge >= 0.3 is 0 Å². The van der Waals surface area contributed by atoms with Gasteiger partial charge in [0.25, 0.3) is 5.91 Å². The molecule has 2 aromatic carbocycles. The Morgan fingerprint density at radius 3 is 2.71 bits per heavy atom. The van der Waals surface area contributed by atoms with E-state index in [2.05, 4.69) is 4.90 Å². The summed E-state index contributed by atoms with van der Waals surface area (Å²) in [5.41, 5.74) is 3.67. The Morgan fingerprint density at radius 1 is 1.09 bits per heavy atom. The smallest absolute Gasteiger partial charge is 0.254 e. The van der Waals surface area contributed by atoms with Crippen LogP contribution in [0.1, 0.15) is 33.0 Å². The minimum absolute atomic E-state index is 0.0285. The number of hydrogen-bond acceptors (Lipinski definition) is 6. The summed E-state index contributed by atoms with van der Waals surface area (Å²) in [7, 11) is 1.68. The molecule has 0 radical (unpaired) electrons. The number of rotatable bonds is 5. The predicted octanol–water partition coefficient (Wildman–Crippen LogP) is 3.76. The Kier molecular flexibility index (Phi) is 6.65. The van der Waals surface area contributed by atoms with Crippen LogP contribution in [0.4, 0.5) is 5.82 Å². The van der Waals surface area contributed by atoms with Crippen molar-refractivity contribution in [3.8, 4) is 5.75 Å². The number of carbonyl (C=O) groups is 1. The second-order valence-electron chi connectivity index (χ2n) is 8.46. The monoisotopic (exact) mass is 478 g/mol. The van der Waals surface area contributed by atoms with Gasteiger partial charge in [-0.3, -0.25) is 4.79 Å². The standard InChI is InChI=1S/C26H27ClN4O3/c1-33-23-8-3-2-5-18(23)16-24-28-22-9-10-31(26(32)19-6-4-7-20(27)15-19)17-21(22)25(29-24)30-11-13-34-14-12-30/h2-8,15H,9-14,16-17H2,1H3. The lowest BCUT2D eigenvalue weighted by Crippen LogP contribution is -2.41. The topological polar surface area (TPSA) is 67.8 Å². The van der Waals surface area contributed by atoms with Gasteiger partial charge in [0.05, 0.1) is 32.6 Å². The number of ether oxygens (including phenoxy) is 2. The molecule has 1 saturated heterocycles. The molecule has 0 N–H and O–H groups in total. The maximum absolute atomic E-state index is 13.2. The van der Waals surface area contributed by atoms with Gasteiger partial charge in [-0.25, -0.2) is 9.97 Å². The van der Waals surface area contributed by atoms with Crippen LogP contribution in [0.2, 0.25) is 5.02 Å². The summed E-state index contributed by atoms with van der Waals surface area (Å²) in [6.45, 7) is 3.92. The van der Waals surface area contributed by atoms with Gasteiger partial charge in [0.15, 0.2) is 0 Å². The first-order chi connectivity index (χ1) is 16.6. The van der Waals surface area contributed by atoms with Crippen molar-refractivity contribution >= 4 is 23.3 Å².